The van der Waals surface area contributed by atoms with E-state index in [-0.39, 0.29) is 23.5 Å². The molecule has 1 amide bonds. The first-order chi connectivity index (χ1) is 14.5. The van der Waals surface area contributed by atoms with Crippen LogP contribution in [0.5, 0.6) is 11.5 Å². The van der Waals surface area contributed by atoms with Crippen molar-refractivity contribution in [3.63, 3.8) is 0 Å². The van der Waals surface area contributed by atoms with Crippen molar-refractivity contribution in [2.45, 2.75) is 30.1 Å². The zero-order valence-electron chi connectivity index (χ0n) is 16.6. The topological polar surface area (TPSA) is 76.2 Å². The quantitative estimate of drug-likeness (QED) is 0.749. The smallest absolute Gasteiger partial charge is 0.253 e. The molecule has 3 heterocycles. The van der Waals surface area contributed by atoms with Gasteiger partial charge < -0.3 is 14.4 Å². The van der Waals surface area contributed by atoms with Gasteiger partial charge in [-0.15, -0.1) is 0 Å². The molecule has 0 N–H and O–H groups in total. The summed E-state index contributed by atoms with van der Waals surface area (Å²) < 4.78 is 37.7. The molecule has 8 heteroatoms. The first-order valence-corrected chi connectivity index (χ1v) is 11.8. The van der Waals surface area contributed by atoms with Crippen LogP contribution in [-0.2, 0) is 10.0 Å². The minimum absolute atomic E-state index is 0.0663. The largest absolute Gasteiger partial charge is 0.454 e. The van der Waals surface area contributed by atoms with Gasteiger partial charge in [0.15, 0.2) is 11.5 Å². The number of carbonyl (C=O) groups excluding carboxylic acids is 1. The average Bonchev–Trinajstić information content (AvgIpc) is 3.54. The molecule has 0 aliphatic carbocycles. The van der Waals surface area contributed by atoms with Gasteiger partial charge in [-0.05, 0) is 61.2 Å². The predicted molar refractivity (Wildman–Crippen MR) is 110 cm³/mol. The first kappa shape index (κ1) is 19.4. The number of hydrogen-bond donors (Lipinski definition) is 0. The van der Waals surface area contributed by atoms with Crippen LogP contribution in [0.15, 0.2) is 47.4 Å². The number of nitrogens with zero attached hydrogens (tertiary/aromatic N) is 2. The Kier molecular flexibility index (Phi) is 4.91. The van der Waals surface area contributed by atoms with Gasteiger partial charge in [-0.25, -0.2) is 8.42 Å². The van der Waals surface area contributed by atoms with Gasteiger partial charge in [-0.2, -0.15) is 4.31 Å². The third-order valence-electron chi connectivity index (χ3n) is 6.15. The molecule has 5 rings (SSSR count). The van der Waals surface area contributed by atoms with E-state index in [1.807, 2.05) is 23.1 Å². The molecule has 0 radical (unpaired) electrons. The Bertz CT molecular complexity index is 1060. The Morgan fingerprint density at radius 2 is 1.67 bits per heavy atom. The molecule has 2 saturated heterocycles. The minimum atomic E-state index is -3.46. The van der Waals surface area contributed by atoms with E-state index < -0.39 is 10.0 Å². The van der Waals surface area contributed by atoms with Crippen molar-refractivity contribution in [1.82, 2.24) is 9.21 Å². The van der Waals surface area contributed by atoms with E-state index in [1.165, 1.54) is 4.31 Å². The van der Waals surface area contributed by atoms with Crippen LogP contribution < -0.4 is 9.47 Å². The van der Waals surface area contributed by atoms with E-state index in [1.54, 1.807) is 24.3 Å². The lowest BCUT2D eigenvalue weighted by Gasteiger charge is -2.18. The molecule has 30 heavy (non-hydrogen) atoms. The van der Waals surface area contributed by atoms with Crippen LogP contribution in [-0.4, -0.2) is 56.5 Å². The van der Waals surface area contributed by atoms with Crippen LogP contribution >= 0.6 is 0 Å². The highest BCUT2D eigenvalue weighted by atomic mass is 32.2. The molecule has 1 unspecified atom stereocenters. The molecule has 0 saturated carbocycles. The molecule has 1 atom stereocenters. The summed E-state index contributed by atoms with van der Waals surface area (Å²) in [6.45, 7) is 2.69. The third kappa shape index (κ3) is 3.44. The van der Waals surface area contributed by atoms with Crippen molar-refractivity contribution in [2.75, 3.05) is 33.0 Å². The maximum Gasteiger partial charge on any atom is 0.253 e. The van der Waals surface area contributed by atoms with Gasteiger partial charge in [-0.3, -0.25) is 4.79 Å². The minimum Gasteiger partial charge on any atom is -0.454 e. The molecule has 0 aromatic heterocycles. The number of carbonyl (C=O) groups is 1. The molecule has 0 spiro atoms. The number of rotatable bonds is 4. The van der Waals surface area contributed by atoms with E-state index in [0.717, 1.165) is 36.3 Å². The Morgan fingerprint density at radius 3 is 2.43 bits per heavy atom. The van der Waals surface area contributed by atoms with E-state index in [2.05, 4.69) is 0 Å². The number of ether oxygens (including phenoxy) is 2. The number of benzene rings is 2. The predicted octanol–water partition coefficient (Wildman–Crippen LogP) is 2.83. The Balaban J connectivity index is 1.27. The standard InChI is InChI=1S/C22H24N2O5S/c25-22(16-3-6-19(7-4-16)30(26,27)24-10-1-2-11-24)23-12-9-18(14-23)17-5-8-20-21(13-17)29-15-28-20/h3-8,13,18H,1-2,9-12,14-15H2. The summed E-state index contributed by atoms with van der Waals surface area (Å²) >= 11 is 0. The number of likely N-dealkylation sites (tertiary alicyclic amines) is 1. The molecule has 158 valence electrons. The number of sulfonamides is 1. The van der Waals surface area contributed by atoms with Crippen LogP contribution in [0.3, 0.4) is 0 Å². The maximum atomic E-state index is 12.9. The summed E-state index contributed by atoms with van der Waals surface area (Å²) in [5.74, 6) is 1.70. The fourth-order valence-corrected chi connectivity index (χ4v) is 5.93. The summed E-state index contributed by atoms with van der Waals surface area (Å²) in [7, 11) is -3.46. The van der Waals surface area contributed by atoms with Gasteiger partial charge in [0, 0.05) is 37.7 Å². The molecular formula is C22H24N2O5S. The Labute approximate surface area is 176 Å². The summed E-state index contributed by atoms with van der Waals surface area (Å²) in [6.07, 6.45) is 2.68. The van der Waals surface area contributed by atoms with Crippen LogP contribution in [0.25, 0.3) is 0 Å². The Morgan fingerprint density at radius 1 is 0.933 bits per heavy atom. The average molecular weight is 429 g/mol. The van der Waals surface area contributed by atoms with Crippen molar-refractivity contribution >= 4 is 15.9 Å². The van der Waals surface area contributed by atoms with Gasteiger partial charge in [0.2, 0.25) is 16.8 Å². The fraction of sp³-hybridized carbons (Fsp3) is 0.409. The summed E-state index contributed by atoms with van der Waals surface area (Å²) in [5, 5.41) is 0. The number of fused-ring (bicyclic) bond motifs is 1. The molecule has 3 aliphatic rings. The van der Waals surface area contributed by atoms with Crippen molar-refractivity contribution < 1.29 is 22.7 Å². The van der Waals surface area contributed by atoms with Gasteiger partial charge in [-0.1, -0.05) is 6.07 Å². The monoisotopic (exact) mass is 428 g/mol. The van der Waals surface area contributed by atoms with Gasteiger partial charge in [0.25, 0.3) is 5.91 Å². The zero-order chi connectivity index (χ0) is 20.7. The van der Waals surface area contributed by atoms with Crippen molar-refractivity contribution in [1.29, 1.82) is 0 Å². The van der Waals surface area contributed by atoms with Crippen molar-refractivity contribution in [3.8, 4) is 11.5 Å². The maximum absolute atomic E-state index is 12.9. The molecule has 2 fully saturated rings. The summed E-state index contributed by atoms with van der Waals surface area (Å²) in [4.78, 5) is 15.0. The van der Waals surface area contributed by atoms with Crippen molar-refractivity contribution in [3.05, 3.63) is 53.6 Å². The van der Waals surface area contributed by atoms with Gasteiger partial charge in [0.1, 0.15) is 0 Å². The highest BCUT2D eigenvalue weighted by molar-refractivity contribution is 7.89. The van der Waals surface area contributed by atoms with Crippen LogP contribution in [0.4, 0.5) is 0 Å². The van der Waals surface area contributed by atoms with Crippen LogP contribution in [0.1, 0.15) is 41.1 Å². The lowest BCUT2D eigenvalue weighted by Crippen LogP contribution is -2.29. The lowest BCUT2D eigenvalue weighted by molar-refractivity contribution is 0.0790. The highest BCUT2D eigenvalue weighted by Crippen LogP contribution is 2.37. The zero-order valence-corrected chi connectivity index (χ0v) is 17.4. The van der Waals surface area contributed by atoms with Crippen LogP contribution in [0.2, 0.25) is 0 Å². The van der Waals surface area contributed by atoms with Gasteiger partial charge in [0.05, 0.1) is 4.90 Å². The van der Waals surface area contributed by atoms with E-state index >= 15 is 0 Å². The van der Waals surface area contributed by atoms with E-state index in [0.29, 0.717) is 31.7 Å². The number of amides is 1. The fourth-order valence-electron chi connectivity index (χ4n) is 4.41. The second-order valence-electron chi connectivity index (χ2n) is 7.99. The SMILES string of the molecule is O=C(c1ccc(S(=O)(=O)N2CCCC2)cc1)N1CCC(c2ccc3c(c2)OCO3)C1. The molecule has 3 aliphatic heterocycles. The molecule has 2 aromatic carbocycles. The highest BCUT2D eigenvalue weighted by Gasteiger charge is 2.30. The number of hydrogen-bond acceptors (Lipinski definition) is 5. The normalized spacial score (nSPS) is 21.3. The molecule has 2 aromatic rings. The van der Waals surface area contributed by atoms with Crippen molar-refractivity contribution in [2.24, 2.45) is 0 Å². The van der Waals surface area contributed by atoms with Crippen LogP contribution in [0, 0.1) is 0 Å². The molecule has 0 bridgehead atoms. The van der Waals surface area contributed by atoms with E-state index in [4.69, 9.17) is 9.47 Å². The first-order valence-electron chi connectivity index (χ1n) is 10.3. The lowest BCUT2D eigenvalue weighted by atomic mass is 9.98. The second-order valence-corrected chi connectivity index (χ2v) is 9.92. The van der Waals surface area contributed by atoms with Gasteiger partial charge >= 0.3 is 0 Å². The summed E-state index contributed by atoms with van der Waals surface area (Å²) in [5.41, 5.74) is 1.66. The van der Waals surface area contributed by atoms with E-state index in [9.17, 15) is 13.2 Å². The molecular weight excluding hydrogens is 404 g/mol. The third-order valence-corrected chi connectivity index (χ3v) is 8.06. The Hall–Kier alpha value is -2.58. The molecule has 7 nitrogen and oxygen atoms in total. The second kappa shape index (κ2) is 7.59. The summed E-state index contributed by atoms with van der Waals surface area (Å²) in [6, 6.07) is 12.3.